The van der Waals surface area contributed by atoms with Gasteiger partial charge in [-0.2, -0.15) is 0 Å². The number of allylic oxidation sites excluding steroid dienone is 2. The van der Waals surface area contributed by atoms with Gasteiger partial charge in [0, 0.05) is 13.1 Å². The van der Waals surface area contributed by atoms with E-state index < -0.39 is 17.6 Å². The Kier molecular flexibility index (Phi) is 4.40. The lowest BCUT2D eigenvalue weighted by Crippen LogP contribution is -2.36. The first-order valence-corrected chi connectivity index (χ1v) is 5.22. The summed E-state index contributed by atoms with van der Waals surface area (Å²) in [5.74, 6) is -2.28. The van der Waals surface area contributed by atoms with Crippen LogP contribution in [0.1, 0.15) is 19.3 Å². The highest BCUT2D eigenvalue weighted by Crippen LogP contribution is 2.18. The first kappa shape index (κ1) is 12.6. The normalized spacial score (nSPS) is 17.1. The lowest BCUT2D eigenvalue weighted by molar-refractivity contribution is -0.127. The topological polar surface area (TPSA) is 20.3 Å². The predicted octanol–water partition coefficient (Wildman–Crippen LogP) is 2.89. The van der Waals surface area contributed by atoms with Crippen molar-refractivity contribution in [3.05, 3.63) is 36.5 Å². The van der Waals surface area contributed by atoms with Gasteiger partial charge in [-0.1, -0.05) is 13.2 Å². The number of hydrogen-bond acceptors (Lipinski definition) is 1. The Bertz CT molecular complexity index is 341. The highest BCUT2D eigenvalue weighted by molar-refractivity contribution is 5.97. The van der Waals surface area contributed by atoms with E-state index in [0.717, 1.165) is 25.3 Å². The summed E-state index contributed by atoms with van der Waals surface area (Å²) in [4.78, 5) is 13.3. The highest BCUT2D eigenvalue weighted by Gasteiger charge is 2.22. The number of carbonyl (C=O) groups is 1. The minimum absolute atomic E-state index is 0.339. The van der Waals surface area contributed by atoms with E-state index >= 15 is 0 Å². The van der Waals surface area contributed by atoms with Crippen LogP contribution in [0.4, 0.5) is 8.78 Å². The molecule has 0 N–H and O–H groups in total. The molecule has 1 aliphatic rings. The van der Waals surface area contributed by atoms with Gasteiger partial charge in [-0.15, -0.1) is 0 Å². The third-order valence-electron chi connectivity index (χ3n) is 2.47. The van der Waals surface area contributed by atoms with Gasteiger partial charge in [0.15, 0.2) is 0 Å². The molecule has 0 bridgehead atoms. The fourth-order valence-corrected chi connectivity index (χ4v) is 1.68. The molecule has 0 aromatic heterocycles. The molecule has 0 unspecified atom stereocenters. The van der Waals surface area contributed by atoms with Crippen LogP contribution >= 0.6 is 0 Å². The van der Waals surface area contributed by atoms with Crippen molar-refractivity contribution in [3.8, 4) is 0 Å². The van der Waals surface area contributed by atoms with E-state index in [9.17, 15) is 13.6 Å². The Morgan fingerprint density at radius 3 is 2.12 bits per heavy atom. The van der Waals surface area contributed by atoms with E-state index in [2.05, 4.69) is 13.2 Å². The summed E-state index contributed by atoms with van der Waals surface area (Å²) in [5.41, 5.74) is -0.339. The molecule has 2 nitrogen and oxygen atoms in total. The number of hydrogen-bond donors (Lipinski definition) is 0. The Morgan fingerprint density at radius 1 is 1.12 bits per heavy atom. The average Bonchev–Trinajstić information content (AvgIpc) is 2.25. The third kappa shape index (κ3) is 3.29. The standard InChI is InChI=1S/C12H15F2NO/c1-9(13)8-11(10(2)14)12(16)15-6-4-3-5-7-15/h8H,1-7H2/b11-8+. The molecule has 0 aromatic carbocycles. The molecular formula is C12H15F2NO. The van der Waals surface area contributed by atoms with E-state index in [1.165, 1.54) is 4.90 Å². The summed E-state index contributed by atoms with van der Waals surface area (Å²) in [6, 6.07) is 0. The molecule has 1 aliphatic heterocycles. The van der Waals surface area contributed by atoms with E-state index in [1.54, 1.807) is 0 Å². The summed E-state index contributed by atoms with van der Waals surface area (Å²) < 4.78 is 25.6. The van der Waals surface area contributed by atoms with Crippen molar-refractivity contribution in [1.29, 1.82) is 0 Å². The molecule has 0 atom stereocenters. The molecule has 0 aliphatic carbocycles. The van der Waals surface area contributed by atoms with Crippen molar-refractivity contribution < 1.29 is 13.6 Å². The fraction of sp³-hybridized carbons (Fsp3) is 0.417. The second kappa shape index (κ2) is 5.58. The molecular weight excluding hydrogens is 212 g/mol. The van der Waals surface area contributed by atoms with Crippen LogP contribution in [-0.4, -0.2) is 23.9 Å². The third-order valence-corrected chi connectivity index (χ3v) is 2.47. The van der Waals surface area contributed by atoms with Gasteiger partial charge in [0.05, 0.1) is 5.57 Å². The maximum absolute atomic E-state index is 13.0. The van der Waals surface area contributed by atoms with Crippen molar-refractivity contribution in [1.82, 2.24) is 4.90 Å². The maximum Gasteiger partial charge on any atom is 0.256 e. The molecule has 1 fully saturated rings. The van der Waals surface area contributed by atoms with Gasteiger partial charge in [0.1, 0.15) is 11.7 Å². The van der Waals surface area contributed by atoms with Crippen molar-refractivity contribution in [2.45, 2.75) is 19.3 Å². The number of halogens is 2. The smallest absolute Gasteiger partial charge is 0.256 e. The summed E-state index contributed by atoms with van der Waals surface area (Å²) in [6.07, 6.45) is 3.65. The van der Waals surface area contributed by atoms with E-state index in [0.29, 0.717) is 13.1 Å². The van der Waals surface area contributed by atoms with Crippen LogP contribution in [0.2, 0.25) is 0 Å². The monoisotopic (exact) mass is 227 g/mol. The zero-order valence-corrected chi connectivity index (χ0v) is 9.14. The van der Waals surface area contributed by atoms with Gasteiger partial charge >= 0.3 is 0 Å². The Hall–Kier alpha value is -1.45. The molecule has 1 saturated heterocycles. The molecule has 0 radical (unpaired) electrons. The number of rotatable bonds is 3. The van der Waals surface area contributed by atoms with E-state index in [-0.39, 0.29) is 5.57 Å². The quantitative estimate of drug-likeness (QED) is 0.536. The second-order valence-corrected chi connectivity index (χ2v) is 3.76. The van der Waals surface area contributed by atoms with Crippen LogP contribution in [0.3, 0.4) is 0 Å². The molecule has 1 rings (SSSR count). The SMILES string of the molecule is C=C(F)/C=C(\C(=C)F)C(=O)N1CCCCC1. The van der Waals surface area contributed by atoms with E-state index in [4.69, 9.17) is 0 Å². The summed E-state index contributed by atoms with van der Waals surface area (Å²) in [7, 11) is 0. The molecule has 88 valence electrons. The van der Waals surface area contributed by atoms with Gasteiger partial charge in [0.2, 0.25) is 0 Å². The van der Waals surface area contributed by atoms with Crippen LogP contribution in [0.15, 0.2) is 36.5 Å². The predicted molar refractivity (Wildman–Crippen MR) is 59.0 cm³/mol. The van der Waals surface area contributed by atoms with Gasteiger partial charge < -0.3 is 4.90 Å². The zero-order chi connectivity index (χ0) is 12.1. The zero-order valence-electron chi connectivity index (χ0n) is 9.14. The number of likely N-dealkylation sites (tertiary alicyclic amines) is 1. The summed E-state index contributed by atoms with van der Waals surface area (Å²) in [5, 5.41) is 0. The number of piperidine rings is 1. The molecule has 4 heteroatoms. The maximum atomic E-state index is 13.0. The summed E-state index contributed by atoms with van der Waals surface area (Å²) in [6.45, 7) is 7.19. The number of amides is 1. The van der Waals surface area contributed by atoms with Crippen molar-refractivity contribution in [2.75, 3.05) is 13.1 Å². The fourth-order valence-electron chi connectivity index (χ4n) is 1.68. The Labute approximate surface area is 93.9 Å². The molecule has 1 heterocycles. The van der Waals surface area contributed by atoms with Gasteiger partial charge in [-0.25, -0.2) is 8.78 Å². The second-order valence-electron chi connectivity index (χ2n) is 3.76. The molecule has 0 saturated carbocycles. The van der Waals surface area contributed by atoms with Gasteiger partial charge in [-0.05, 0) is 25.3 Å². The number of carbonyl (C=O) groups excluding carboxylic acids is 1. The van der Waals surface area contributed by atoms with Gasteiger partial charge in [-0.3, -0.25) is 4.79 Å². The van der Waals surface area contributed by atoms with Crippen LogP contribution in [-0.2, 0) is 4.79 Å². The van der Waals surface area contributed by atoms with Crippen molar-refractivity contribution in [2.24, 2.45) is 0 Å². The molecule has 16 heavy (non-hydrogen) atoms. The van der Waals surface area contributed by atoms with Crippen LogP contribution in [0.25, 0.3) is 0 Å². The van der Waals surface area contributed by atoms with Crippen molar-refractivity contribution in [3.63, 3.8) is 0 Å². The Balaban J connectivity index is 2.82. The molecule has 0 spiro atoms. The Morgan fingerprint density at radius 2 is 1.69 bits per heavy atom. The lowest BCUT2D eigenvalue weighted by Gasteiger charge is -2.27. The highest BCUT2D eigenvalue weighted by atomic mass is 19.1. The molecule has 0 aromatic rings. The van der Waals surface area contributed by atoms with Crippen molar-refractivity contribution >= 4 is 5.91 Å². The minimum atomic E-state index is -0.922. The first-order valence-electron chi connectivity index (χ1n) is 5.22. The van der Waals surface area contributed by atoms with Crippen LogP contribution in [0.5, 0.6) is 0 Å². The first-order chi connectivity index (χ1) is 7.52. The molecule has 1 amide bonds. The average molecular weight is 227 g/mol. The minimum Gasteiger partial charge on any atom is -0.339 e. The lowest BCUT2D eigenvalue weighted by atomic mass is 10.1. The largest absolute Gasteiger partial charge is 0.339 e. The van der Waals surface area contributed by atoms with Crippen LogP contribution < -0.4 is 0 Å². The van der Waals surface area contributed by atoms with Crippen LogP contribution in [0, 0.1) is 0 Å². The summed E-state index contributed by atoms with van der Waals surface area (Å²) >= 11 is 0. The van der Waals surface area contributed by atoms with Gasteiger partial charge in [0.25, 0.3) is 5.91 Å². The van der Waals surface area contributed by atoms with E-state index in [1.807, 2.05) is 0 Å². The number of nitrogens with zero attached hydrogens (tertiary/aromatic N) is 1.